The van der Waals surface area contributed by atoms with Crippen LogP contribution in [0.2, 0.25) is 0 Å². The molecule has 114 valence electrons. The minimum absolute atomic E-state index is 0.147. The molecule has 1 aromatic heterocycles. The molecule has 0 radical (unpaired) electrons. The van der Waals surface area contributed by atoms with Crippen LogP contribution < -0.4 is 11.1 Å². The number of nitro groups is 1. The molecule has 1 unspecified atom stereocenters. The van der Waals surface area contributed by atoms with Crippen LogP contribution in [-0.2, 0) is 11.3 Å². The standard InChI is InChI=1S/C12H17N5O4/c1-2-15-7-8(17(20)21)5-9(15)12(19)16-4-3-14-6-10(16)11(13)18/h5,7,10,14H,2-4,6H2,1H3,(H2,13,18). The smallest absolute Gasteiger partial charge is 0.287 e. The first-order valence-electron chi connectivity index (χ1n) is 6.61. The Morgan fingerprint density at radius 1 is 1.57 bits per heavy atom. The number of rotatable bonds is 4. The lowest BCUT2D eigenvalue weighted by Crippen LogP contribution is -2.58. The lowest BCUT2D eigenvalue weighted by molar-refractivity contribution is -0.384. The van der Waals surface area contributed by atoms with Gasteiger partial charge in [0, 0.05) is 32.2 Å². The Balaban J connectivity index is 2.33. The van der Waals surface area contributed by atoms with Crippen LogP contribution in [0.3, 0.4) is 0 Å². The molecule has 0 aliphatic carbocycles. The summed E-state index contributed by atoms with van der Waals surface area (Å²) in [6.07, 6.45) is 1.31. The van der Waals surface area contributed by atoms with Gasteiger partial charge in [0.15, 0.2) is 0 Å². The number of amides is 2. The molecule has 0 spiro atoms. The summed E-state index contributed by atoms with van der Waals surface area (Å²) in [5.74, 6) is -1.02. The number of aromatic nitrogens is 1. The molecule has 0 bridgehead atoms. The van der Waals surface area contributed by atoms with Crippen molar-refractivity contribution in [2.75, 3.05) is 19.6 Å². The SMILES string of the molecule is CCn1cc([N+](=O)[O-])cc1C(=O)N1CCNCC1C(N)=O. The minimum atomic E-state index is -0.745. The van der Waals surface area contributed by atoms with E-state index in [-0.39, 0.29) is 17.9 Å². The topological polar surface area (TPSA) is 123 Å². The summed E-state index contributed by atoms with van der Waals surface area (Å²) in [5, 5.41) is 13.8. The zero-order valence-corrected chi connectivity index (χ0v) is 11.6. The Morgan fingerprint density at radius 3 is 2.86 bits per heavy atom. The number of carbonyl (C=O) groups excluding carboxylic acids is 2. The van der Waals surface area contributed by atoms with Crippen LogP contribution in [0, 0.1) is 10.1 Å². The number of nitrogens with one attached hydrogen (secondary N) is 1. The first kappa shape index (κ1) is 15.0. The van der Waals surface area contributed by atoms with E-state index in [9.17, 15) is 19.7 Å². The molecule has 0 saturated carbocycles. The molecule has 1 aromatic rings. The summed E-state index contributed by atoms with van der Waals surface area (Å²) < 4.78 is 1.50. The average Bonchev–Trinajstić information content (AvgIpc) is 2.90. The van der Waals surface area contributed by atoms with Crippen LogP contribution in [0.15, 0.2) is 12.3 Å². The van der Waals surface area contributed by atoms with Gasteiger partial charge in [0.25, 0.3) is 11.6 Å². The van der Waals surface area contributed by atoms with Crippen molar-refractivity contribution in [3.63, 3.8) is 0 Å². The van der Waals surface area contributed by atoms with E-state index < -0.39 is 22.8 Å². The molecule has 1 fully saturated rings. The van der Waals surface area contributed by atoms with Crippen LogP contribution in [0.4, 0.5) is 5.69 Å². The third-order valence-corrected chi connectivity index (χ3v) is 3.49. The molecule has 3 N–H and O–H groups in total. The van der Waals surface area contributed by atoms with Gasteiger partial charge in [-0.05, 0) is 6.92 Å². The number of hydrogen-bond donors (Lipinski definition) is 2. The summed E-state index contributed by atoms with van der Waals surface area (Å²) >= 11 is 0. The average molecular weight is 295 g/mol. The summed E-state index contributed by atoms with van der Waals surface area (Å²) in [7, 11) is 0. The largest absolute Gasteiger partial charge is 0.368 e. The zero-order valence-electron chi connectivity index (χ0n) is 11.6. The maximum atomic E-state index is 12.6. The highest BCUT2D eigenvalue weighted by Gasteiger charge is 2.33. The van der Waals surface area contributed by atoms with Crippen molar-refractivity contribution in [3.8, 4) is 0 Å². The molecule has 1 atom stereocenters. The van der Waals surface area contributed by atoms with Crippen LogP contribution in [-0.4, -0.2) is 51.9 Å². The van der Waals surface area contributed by atoms with Gasteiger partial charge in [0.05, 0.1) is 11.1 Å². The van der Waals surface area contributed by atoms with Gasteiger partial charge < -0.3 is 20.5 Å². The van der Waals surface area contributed by atoms with Crippen molar-refractivity contribution in [2.24, 2.45) is 5.73 Å². The lowest BCUT2D eigenvalue weighted by atomic mass is 10.1. The van der Waals surface area contributed by atoms with E-state index >= 15 is 0 Å². The van der Waals surface area contributed by atoms with Crippen LogP contribution >= 0.6 is 0 Å². The van der Waals surface area contributed by atoms with Crippen molar-refractivity contribution in [3.05, 3.63) is 28.1 Å². The van der Waals surface area contributed by atoms with E-state index in [1.807, 2.05) is 0 Å². The van der Waals surface area contributed by atoms with Gasteiger partial charge in [-0.15, -0.1) is 0 Å². The molecule has 0 aromatic carbocycles. The molecule has 9 nitrogen and oxygen atoms in total. The number of carbonyl (C=O) groups is 2. The van der Waals surface area contributed by atoms with Crippen LogP contribution in [0.5, 0.6) is 0 Å². The van der Waals surface area contributed by atoms with Gasteiger partial charge in [0.1, 0.15) is 11.7 Å². The Hall–Kier alpha value is -2.42. The number of piperazine rings is 1. The third kappa shape index (κ3) is 2.87. The van der Waals surface area contributed by atoms with Gasteiger partial charge in [-0.1, -0.05) is 0 Å². The Morgan fingerprint density at radius 2 is 2.29 bits per heavy atom. The van der Waals surface area contributed by atoms with Crippen molar-refractivity contribution in [1.29, 1.82) is 0 Å². The van der Waals surface area contributed by atoms with Gasteiger partial charge in [0.2, 0.25) is 5.91 Å². The van der Waals surface area contributed by atoms with Gasteiger partial charge in [-0.3, -0.25) is 19.7 Å². The molecular formula is C12H17N5O4. The fraction of sp³-hybridized carbons (Fsp3) is 0.500. The highest BCUT2D eigenvalue weighted by atomic mass is 16.6. The molecule has 2 amide bonds. The zero-order chi connectivity index (χ0) is 15.6. The van der Waals surface area contributed by atoms with Crippen molar-refractivity contribution >= 4 is 17.5 Å². The van der Waals surface area contributed by atoms with Gasteiger partial charge in [-0.25, -0.2) is 0 Å². The summed E-state index contributed by atoms with van der Waals surface area (Å²) in [6.45, 7) is 3.36. The molecule has 2 rings (SSSR count). The molecule has 9 heteroatoms. The Labute approximate surface area is 120 Å². The van der Waals surface area contributed by atoms with Gasteiger partial charge in [-0.2, -0.15) is 0 Å². The maximum Gasteiger partial charge on any atom is 0.287 e. The fourth-order valence-corrected chi connectivity index (χ4v) is 2.38. The van der Waals surface area contributed by atoms with E-state index in [4.69, 9.17) is 5.73 Å². The van der Waals surface area contributed by atoms with Crippen LogP contribution in [0.25, 0.3) is 0 Å². The summed E-state index contributed by atoms with van der Waals surface area (Å²) in [5.41, 5.74) is 5.35. The number of nitrogens with zero attached hydrogens (tertiary/aromatic N) is 3. The summed E-state index contributed by atoms with van der Waals surface area (Å²) in [6, 6.07) is 0.483. The minimum Gasteiger partial charge on any atom is -0.368 e. The number of hydrogen-bond acceptors (Lipinski definition) is 5. The second-order valence-corrected chi connectivity index (χ2v) is 4.75. The van der Waals surface area contributed by atoms with E-state index in [0.29, 0.717) is 19.6 Å². The normalized spacial score (nSPS) is 18.5. The second-order valence-electron chi connectivity index (χ2n) is 4.75. The molecular weight excluding hydrogens is 278 g/mol. The van der Waals surface area contributed by atoms with Crippen molar-refractivity contribution in [1.82, 2.24) is 14.8 Å². The lowest BCUT2D eigenvalue weighted by Gasteiger charge is -2.34. The number of primary amides is 1. The molecule has 1 aliphatic rings. The number of aryl methyl sites for hydroxylation is 1. The second kappa shape index (κ2) is 5.92. The van der Waals surface area contributed by atoms with E-state index in [2.05, 4.69) is 5.32 Å². The summed E-state index contributed by atoms with van der Waals surface area (Å²) in [4.78, 5) is 35.7. The number of nitrogens with two attached hydrogens (primary N) is 1. The highest BCUT2D eigenvalue weighted by Crippen LogP contribution is 2.19. The quantitative estimate of drug-likeness (QED) is 0.562. The van der Waals surface area contributed by atoms with E-state index in [1.54, 1.807) is 6.92 Å². The molecule has 1 saturated heterocycles. The molecule has 2 heterocycles. The predicted octanol–water partition coefficient (Wildman–Crippen LogP) is -0.684. The first-order valence-corrected chi connectivity index (χ1v) is 6.61. The van der Waals surface area contributed by atoms with Crippen molar-refractivity contribution in [2.45, 2.75) is 19.5 Å². The van der Waals surface area contributed by atoms with E-state index in [0.717, 1.165) is 0 Å². The van der Waals surface area contributed by atoms with Crippen molar-refractivity contribution < 1.29 is 14.5 Å². The highest BCUT2D eigenvalue weighted by molar-refractivity contribution is 5.97. The Bertz CT molecular complexity index is 582. The monoisotopic (exact) mass is 295 g/mol. The van der Waals surface area contributed by atoms with E-state index in [1.165, 1.54) is 21.7 Å². The molecule has 21 heavy (non-hydrogen) atoms. The predicted molar refractivity (Wildman–Crippen MR) is 73.6 cm³/mol. The molecule has 1 aliphatic heterocycles. The van der Waals surface area contributed by atoms with Crippen LogP contribution in [0.1, 0.15) is 17.4 Å². The third-order valence-electron chi connectivity index (χ3n) is 3.49. The Kier molecular flexibility index (Phi) is 4.22. The van der Waals surface area contributed by atoms with Gasteiger partial charge >= 0.3 is 0 Å². The fourth-order valence-electron chi connectivity index (χ4n) is 2.38. The maximum absolute atomic E-state index is 12.6. The first-order chi connectivity index (χ1) is 9.95.